The van der Waals surface area contributed by atoms with Crippen molar-refractivity contribution in [2.24, 2.45) is 17.8 Å². The molecule has 0 amide bonds. The molecule has 4 atom stereocenters. The van der Waals surface area contributed by atoms with Crippen molar-refractivity contribution < 1.29 is 9.72 Å². The van der Waals surface area contributed by atoms with Crippen molar-refractivity contribution in [3.63, 3.8) is 0 Å². The van der Waals surface area contributed by atoms with E-state index in [1.807, 2.05) is 12.2 Å². The van der Waals surface area contributed by atoms with Crippen LogP contribution in [0, 0.1) is 27.9 Å². The molecule has 0 saturated heterocycles. The van der Waals surface area contributed by atoms with E-state index >= 15 is 0 Å². The molecule has 0 aromatic heterocycles. The molecule has 0 N–H and O–H groups in total. The predicted molar refractivity (Wildman–Crippen MR) is 41.1 cm³/mol. The SMILES string of the molecule is O=C[C@@H]1[C@@H]([N+](=O)[O-])[C@H]2C=C[C@@H]1C2. The first-order valence-corrected chi connectivity index (χ1v) is 4.01. The molecule has 1 saturated carbocycles. The van der Waals surface area contributed by atoms with Crippen LogP contribution in [0.25, 0.3) is 0 Å². The van der Waals surface area contributed by atoms with E-state index in [4.69, 9.17) is 0 Å². The van der Waals surface area contributed by atoms with Gasteiger partial charge in [-0.2, -0.15) is 0 Å². The summed E-state index contributed by atoms with van der Waals surface area (Å²) in [5.74, 6) is -0.252. The number of allylic oxidation sites excluding steroid dienone is 1. The first kappa shape index (κ1) is 7.46. The van der Waals surface area contributed by atoms with Crippen molar-refractivity contribution in [1.82, 2.24) is 0 Å². The van der Waals surface area contributed by atoms with Gasteiger partial charge in [-0.05, 0) is 12.3 Å². The lowest BCUT2D eigenvalue weighted by Crippen LogP contribution is -2.33. The molecule has 0 radical (unpaired) electrons. The Hall–Kier alpha value is -1.19. The molecule has 0 unspecified atom stereocenters. The minimum absolute atomic E-state index is 0.000185. The molecule has 2 rings (SSSR count). The van der Waals surface area contributed by atoms with Crippen LogP contribution in [0.15, 0.2) is 12.2 Å². The molecule has 4 nitrogen and oxygen atoms in total. The van der Waals surface area contributed by atoms with Crippen molar-refractivity contribution in [3.8, 4) is 0 Å². The van der Waals surface area contributed by atoms with Crippen molar-refractivity contribution in [2.75, 3.05) is 0 Å². The minimum Gasteiger partial charge on any atom is -0.303 e. The van der Waals surface area contributed by atoms with Gasteiger partial charge in [-0.25, -0.2) is 0 Å². The van der Waals surface area contributed by atoms with Crippen molar-refractivity contribution in [3.05, 3.63) is 22.3 Å². The molecule has 1 fully saturated rings. The second kappa shape index (κ2) is 2.40. The third kappa shape index (κ3) is 0.807. The Morgan fingerprint density at radius 1 is 1.42 bits per heavy atom. The molecular formula is C8H9NO3. The number of fused-ring (bicyclic) bond motifs is 2. The van der Waals surface area contributed by atoms with Crippen LogP contribution in [0.4, 0.5) is 0 Å². The van der Waals surface area contributed by atoms with E-state index in [-0.39, 0.29) is 22.7 Å². The standard InChI is InChI=1S/C8H9NO3/c10-4-7-5-1-2-6(3-5)8(7)9(11)12/h1-2,4-8H,3H2/t5-,6+,7+,8+/m1/s1. The summed E-state index contributed by atoms with van der Waals surface area (Å²) in [4.78, 5) is 20.8. The monoisotopic (exact) mass is 167 g/mol. The van der Waals surface area contributed by atoms with E-state index in [2.05, 4.69) is 0 Å². The van der Waals surface area contributed by atoms with Gasteiger partial charge in [0.1, 0.15) is 6.29 Å². The highest BCUT2D eigenvalue weighted by Gasteiger charge is 2.51. The molecule has 0 heterocycles. The number of hydrogen-bond acceptors (Lipinski definition) is 3. The van der Waals surface area contributed by atoms with Gasteiger partial charge in [0.15, 0.2) is 0 Å². The second-order valence-electron chi connectivity index (χ2n) is 3.44. The summed E-state index contributed by atoms with van der Waals surface area (Å²) < 4.78 is 0. The zero-order valence-corrected chi connectivity index (χ0v) is 6.42. The lowest BCUT2D eigenvalue weighted by atomic mass is 9.91. The smallest absolute Gasteiger partial charge is 0.229 e. The molecule has 4 heteroatoms. The van der Waals surface area contributed by atoms with Crippen molar-refractivity contribution in [2.45, 2.75) is 12.5 Å². The maximum absolute atomic E-state index is 10.6. The molecule has 0 spiro atoms. The number of aldehydes is 1. The van der Waals surface area contributed by atoms with Crippen LogP contribution in [0.1, 0.15) is 6.42 Å². The Morgan fingerprint density at radius 3 is 2.58 bits per heavy atom. The molecule has 0 aromatic carbocycles. The van der Waals surface area contributed by atoms with E-state index in [9.17, 15) is 14.9 Å². The quantitative estimate of drug-likeness (QED) is 0.262. The third-order valence-electron chi connectivity index (χ3n) is 2.88. The lowest BCUT2D eigenvalue weighted by Gasteiger charge is -2.15. The average molecular weight is 167 g/mol. The largest absolute Gasteiger partial charge is 0.303 e. The Morgan fingerprint density at radius 2 is 2.08 bits per heavy atom. The summed E-state index contributed by atoms with van der Waals surface area (Å²) >= 11 is 0. The van der Waals surface area contributed by atoms with E-state index in [0.29, 0.717) is 0 Å². The number of carbonyl (C=O) groups is 1. The summed E-state index contributed by atoms with van der Waals surface area (Å²) in [5.41, 5.74) is 0. The zero-order chi connectivity index (χ0) is 8.72. The van der Waals surface area contributed by atoms with E-state index in [1.165, 1.54) is 0 Å². The van der Waals surface area contributed by atoms with Gasteiger partial charge >= 0.3 is 0 Å². The van der Waals surface area contributed by atoms with Crippen LogP contribution in [0.5, 0.6) is 0 Å². The van der Waals surface area contributed by atoms with Crippen LogP contribution < -0.4 is 0 Å². The number of nitro groups is 1. The molecular weight excluding hydrogens is 158 g/mol. The van der Waals surface area contributed by atoms with Gasteiger partial charge in [0.2, 0.25) is 6.04 Å². The molecule has 64 valence electrons. The van der Waals surface area contributed by atoms with Crippen LogP contribution >= 0.6 is 0 Å². The van der Waals surface area contributed by atoms with Gasteiger partial charge in [0.05, 0.1) is 5.92 Å². The molecule has 2 bridgehead atoms. The summed E-state index contributed by atoms with van der Waals surface area (Å²) in [7, 11) is 0. The molecule has 0 aromatic rings. The maximum atomic E-state index is 10.6. The van der Waals surface area contributed by atoms with Gasteiger partial charge in [-0.1, -0.05) is 12.2 Å². The number of rotatable bonds is 2. The highest BCUT2D eigenvalue weighted by atomic mass is 16.6. The molecule has 12 heavy (non-hydrogen) atoms. The first-order chi connectivity index (χ1) is 5.74. The molecule has 0 aliphatic heterocycles. The first-order valence-electron chi connectivity index (χ1n) is 4.01. The Balaban J connectivity index is 2.28. The summed E-state index contributed by atoms with van der Waals surface area (Å²) in [6.07, 6.45) is 5.33. The second-order valence-corrected chi connectivity index (χ2v) is 3.44. The highest BCUT2D eigenvalue weighted by Crippen LogP contribution is 2.43. The van der Waals surface area contributed by atoms with E-state index in [1.54, 1.807) is 0 Å². The van der Waals surface area contributed by atoms with Gasteiger partial charge < -0.3 is 4.79 Å². The third-order valence-corrected chi connectivity index (χ3v) is 2.88. The summed E-state index contributed by atoms with van der Waals surface area (Å²) in [6, 6.07) is -0.655. The average Bonchev–Trinajstić information content (AvgIpc) is 2.60. The zero-order valence-electron chi connectivity index (χ0n) is 6.42. The van der Waals surface area contributed by atoms with E-state index < -0.39 is 6.04 Å². The lowest BCUT2D eigenvalue weighted by molar-refractivity contribution is -0.532. The van der Waals surface area contributed by atoms with Crippen LogP contribution in [-0.2, 0) is 4.79 Å². The molecule has 2 aliphatic carbocycles. The van der Waals surface area contributed by atoms with Crippen LogP contribution in [0.3, 0.4) is 0 Å². The maximum Gasteiger partial charge on any atom is 0.229 e. The normalized spacial score (nSPS) is 43.3. The fourth-order valence-corrected chi connectivity index (χ4v) is 2.31. The van der Waals surface area contributed by atoms with Gasteiger partial charge in [-0.15, -0.1) is 0 Å². The van der Waals surface area contributed by atoms with Gasteiger partial charge in [0.25, 0.3) is 0 Å². The summed E-state index contributed by atoms with van der Waals surface area (Å²) in [6.45, 7) is 0. The van der Waals surface area contributed by atoms with Gasteiger partial charge in [0, 0.05) is 10.8 Å². The van der Waals surface area contributed by atoms with E-state index in [0.717, 1.165) is 12.7 Å². The number of carbonyl (C=O) groups excluding carboxylic acids is 1. The minimum atomic E-state index is -0.655. The number of hydrogen-bond donors (Lipinski definition) is 0. The molecule has 2 aliphatic rings. The number of nitrogens with zero attached hydrogens (tertiary/aromatic N) is 1. The van der Waals surface area contributed by atoms with Crippen LogP contribution in [-0.4, -0.2) is 17.3 Å². The Labute approximate surface area is 69.4 Å². The highest BCUT2D eigenvalue weighted by molar-refractivity contribution is 5.57. The summed E-state index contributed by atoms with van der Waals surface area (Å²) in [5, 5.41) is 10.6. The fraction of sp³-hybridized carbons (Fsp3) is 0.625. The predicted octanol–water partition coefficient (Wildman–Crippen LogP) is 0.653. The van der Waals surface area contributed by atoms with Crippen LogP contribution in [0.2, 0.25) is 0 Å². The van der Waals surface area contributed by atoms with Gasteiger partial charge in [-0.3, -0.25) is 10.1 Å². The fourth-order valence-electron chi connectivity index (χ4n) is 2.31. The topological polar surface area (TPSA) is 60.2 Å². The van der Waals surface area contributed by atoms with Crippen molar-refractivity contribution >= 4 is 6.29 Å². The Kier molecular flexibility index (Phi) is 1.49. The Bertz CT molecular complexity index is 261. The van der Waals surface area contributed by atoms with Crippen molar-refractivity contribution in [1.29, 1.82) is 0 Å².